The number of carbonyl (C=O) groups excluding carboxylic acids is 1. The maximum absolute atomic E-state index is 11.8. The van der Waals surface area contributed by atoms with Crippen LogP contribution >= 0.6 is 0 Å². The van der Waals surface area contributed by atoms with Gasteiger partial charge in [-0.2, -0.15) is 5.26 Å². The van der Waals surface area contributed by atoms with Gasteiger partial charge in [0.2, 0.25) is 0 Å². The maximum atomic E-state index is 11.8. The molecular formula is C15H18N2O2. The first-order valence-electron chi connectivity index (χ1n) is 6.19. The molecule has 0 heterocycles. The minimum atomic E-state index is -0.584. The van der Waals surface area contributed by atoms with Crippen molar-refractivity contribution in [2.24, 2.45) is 0 Å². The fourth-order valence-electron chi connectivity index (χ4n) is 1.39. The van der Waals surface area contributed by atoms with Gasteiger partial charge in [0, 0.05) is 18.9 Å². The summed E-state index contributed by atoms with van der Waals surface area (Å²) in [5.41, 5.74) is 0.887. The molecule has 0 saturated carbocycles. The standard InChI is InChI=1S/C15H18N2O2/c1-4-12(2)19-15(18)13(10-16)11-17(3)14-8-6-5-7-9-14/h5-9,11-12H,4H2,1-3H3/b13-11+. The van der Waals surface area contributed by atoms with Crippen LogP contribution in [0.15, 0.2) is 42.1 Å². The Morgan fingerprint density at radius 3 is 2.63 bits per heavy atom. The highest BCUT2D eigenvalue weighted by molar-refractivity contribution is 5.93. The quantitative estimate of drug-likeness (QED) is 0.463. The van der Waals surface area contributed by atoms with E-state index in [1.54, 1.807) is 18.9 Å². The summed E-state index contributed by atoms with van der Waals surface area (Å²) in [6.07, 6.45) is 2.02. The molecule has 1 atom stereocenters. The summed E-state index contributed by atoms with van der Waals surface area (Å²) >= 11 is 0. The number of para-hydroxylation sites is 1. The molecule has 1 unspecified atom stereocenters. The largest absolute Gasteiger partial charge is 0.459 e. The molecular weight excluding hydrogens is 240 g/mol. The smallest absolute Gasteiger partial charge is 0.350 e. The molecule has 0 bridgehead atoms. The normalized spacial score (nSPS) is 12.4. The molecule has 100 valence electrons. The van der Waals surface area contributed by atoms with Crippen molar-refractivity contribution in [1.82, 2.24) is 0 Å². The average Bonchev–Trinajstić information content (AvgIpc) is 2.44. The number of carbonyl (C=O) groups is 1. The molecule has 4 heteroatoms. The second-order valence-electron chi connectivity index (χ2n) is 4.23. The van der Waals surface area contributed by atoms with Gasteiger partial charge >= 0.3 is 5.97 Å². The van der Waals surface area contributed by atoms with Crippen molar-refractivity contribution in [3.8, 4) is 6.07 Å². The number of rotatable bonds is 5. The molecule has 0 radical (unpaired) electrons. The third-order valence-electron chi connectivity index (χ3n) is 2.71. The molecule has 0 saturated heterocycles. The summed E-state index contributed by atoms with van der Waals surface area (Å²) in [6.45, 7) is 3.72. The van der Waals surface area contributed by atoms with Gasteiger partial charge in [-0.1, -0.05) is 25.1 Å². The molecule has 19 heavy (non-hydrogen) atoms. The summed E-state index contributed by atoms with van der Waals surface area (Å²) in [7, 11) is 1.78. The zero-order valence-electron chi connectivity index (χ0n) is 11.5. The molecule has 1 aromatic rings. The molecule has 0 N–H and O–H groups in total. The van der Waals surface area contributed by atoms with Crippen LogP contribution in [-0.2, 0) is 9.53 Å². The molecule has 4 nitrogen and oxygen atoms in total. The number of hydrogen-bond acceptors (Lipinski definition) is 4. The number of esters is 1. The van der Waals surface area contributed by atoms with Crippen LogP contribution in [0.2, 0.25) is 0 Å². The monoisotopic (exact) mass is 258 g/mol. The van der Waals surface area contributed by atoms with Gasteiger partial charge < -0.3 is 9.64 Å². The lowest BCUT2D eigenvalue weighted by molar-refractivity contribution is -0.143. The highest BCUT2D eigenvalue weighted by atomic mass is 16.5. The number of benzene rings is 1. The van der Waals surface area contributed by atoms with Gasteiger partial charge in [0.25, 0.3) is 0 Å². The summed E-state index contributed by atoms with van der Waals surface area (Å²) < 4.78 is 5.13. The predicted octanol–water partition coefficient (Wildman–Crippen LogP) is 2.87. The van der Waals surface area contributed by atoms with Crippen LogP contribution in [0.3, 0.4) is 0 Å². The van der Waals surface area contributed by atoms with Crippen molar-refractivity contribution in [3.63, 3.8) is 0 Å². The van der Waals surface area contributed by atoms with Crippen molar-refractivity contribution < 1.29 is 9.53 Å². The maximum Gasteiger partial charge on any atom is 0.350 e. The lowest BCUT2D eigenvalue weighted by Crippen LogP contribution is -2.18. The van der Waals surface area contributed by atoms with Gasteiger partial charge in [-0.3, -0.25) is 0 Å². The lowest BCUT2D eigenvalue weighted by atomic mass is 10.2. The van der Waals surface area contributed by atoms with Gasteiger partial charge in [0.05, 0.1) is 6.10 Å². The Kier molecular flexibility index (Phi) is 5.62. The van der Waals surface area contributed by atoms with Crippen LogP contribution in [0, 0.1) is 11.3 Å². The Morgan fingerprint density at radius 2 is 2.11 bits per heavy atom. The van der Waals surface area contributed by atoms with E-state index in [-0.39, 0.29) is 11.7 Å². The van der Waals surface area contributed by atoms with Crippen molar-refractivity contribution in [1.29, 1.82) is 5.26 Å². The second kappa shape index (κ2) is 7.22. The first-order chi connectivity index (χ1) is 9.08. The number of ether oxygens (including phenoxy) is 1. The van der Waals surface area contributed by atoms with Crippen LogP contribution in [0.4, 0.5) is 5.69 Å². The summed E-state index contributed by atoms with van der Waals surface area (Å²) in [5.74, 6) is -0.584. The molecule has 0 amide bonds. The zero-order chi connectivity index (χ0) is 14.3. The van der Waals surface area contributed by atoms with E-state index < -0.39 is 5.97 Å². The third kappa shape index (κ3) is 4.47. The van der Waals surface area contributed by atoms with E-state index in [9.17, 15) is 4.79 Å². The first-order valence-corrected chi connectivity index (χ1v) is 6.19. The van der Waals surface area contributed by atoms with Crippen LogP contribution in [0.5, 0.6) is 0 Å². The fourth-order valence-corrected chi connectivity index (χ4v) is 1.39. The zero-order valence-corrected chi connectivity index (χ0v) is 11.5. The molecule has 0 aromatic heterocycles. The van der Waals surface area contributed by atoms with Gasteiger partial charge in [0.15, 0.2) is 5.57 Å². The van der Waals surface area contributed by atoms with E-state index in [0.29, 0.717) is 0 Å². The third-order valence-corrected chi connectivity index (χ3v) is 2.71. The Morgan fingerprint density at radius 1 is 1.47 bits per heavy atom. The average molecular weight is 258 g/mol. The fraction of sp³-hybridized carbons (Fsp3) is 0.333. The van der Waals surface area contributed by atoms with Gasteiger partial charge in [-0.05, 0) is 25.5 Å². The molecule has 0 aliphatic heterocycles. The molecule has 1 aromatic carbocycles. The van der Waals surface area contributed by atoms with E-state index in [0.717, 1.165) is 12.1 Å². The van der Waals surface area contributed by atoms with Gasteiger partial charge in [0.1, 0.15) is 6.07 Å². The minimum Gasteiger partial charge on any atom is -0.459 e. The van der Waals surface area contributed by atoms with Crippen LogP contribution in [-0.4, -0.2) is 19.1 Å². The number of nitriles is 1. The number of nitrogens with zero attached hydrogens (tertiary/aromatic N) is 2. The molecule has 0 fully saturated rings. The highest BCUT2D eigenvalue weighted by Gasteiger charge is 2.14. The Balaban J connectivity index is 2.82. The van der Waals surface area contributed by atoms with Gasteiger partial charge in [-0.15, -0.1) is 0 Å². The molecule has 1 rings (SSSR count). The summed E-state index contributed by atoms with van der Waals surface area (Å²) in [4.78, 5) is 13.5. The SMILES string of the molecule is CCC(C)OC(=O)/C(C#N)=C/N(C)c1ccccc1. The Labute approximate surface area is 113 Å². The van der Waals surface area contributed by atoms with Gasteiger partial charge in [-0.25, -0.2) is 4.79 Å². The van der Waals surface area contributed by atoms with E-state index in [4.69, 9.17) is 10.00 Å². The highest BCUT2D eigenvalue weighted by Crippen LogP contribution is 2.13. The first kappa shape index (κ1) is 14.8. The Bertz CT molecular complexity index is 489. The lowest BCUT2D eigenvalue weighted by Gasteiger charge is -2.15. The van der Waals surface area contributed by atoms with E-state index in [2.05, 4.69) is 0 Å². The van der Waals surface area contributed by atoms with E-state index >= 15 is 0 Å². The topological polar surface area (TPSA) is 53.3 Å². The van der Waals surface area contributed by atoms with Crippen LogP contribution < -0.4 is 4.90 Å². The van der Waals surface area contributed by atoms with Crippen molar-refractivity contribution in [2.45, 2.75) is 26.4 Å². The molecule has 0 aliphatic rings. The Hall–Kier alpha value is -2.28. The number of hydrogen-bond donors (Lipinski definition) is 0. The van der Waals surface area contributed by atoms with E-state index in [1.165, 1.54) is 6.20 Å². The second-order valence-corrected chi connectivity index (χ2v) is 4.23. The molecule has 0 aliphatic carbocycles. The van der Waals surface area contributed by atoms with Crippen molar-refractivity contribution in [3.05, 3.63) is 42.1 Å². The van der Waals surface area contributed by atoms with Crippen LogP contribution in [0.25, 0.3) is 0 Å². The van der Waals surface area contributed by atoms with Crippen molar-refractivity contribution in [2.75, 3.05) is 11.9 Å². The van der Waals surface area contributed by atoms with Crippen LogP contribution in [0.1, 0.15) is 20.3 Å². The summed E-state index contributed by atoms with van der Waals surface area (Å²) in [6, 6.07) is 11.4. The molecule has 0 spiro atoms. The minimum absolute atomic E-state index is 0.00773. The summed E-state index contributed by atoms with van der Waals surface area (Å²) in [5, 5.41) is 9.03. The predicted molar refractivity (Wildman–Crippen MR) is 74.4 cm³/mol. The van der Waals surface area contributed by atoms with E-state index in [1.807, 2.05) is 43.3 Å². The number of anilines is 1. The van der Waals surface area contributed by atoms with Crippen molar-refractivity contribution >= 4 is 11.7 Å².